The van der Waals surface area contributed by atoms with E-state index in [9.17, 15) is 18.0 Å². The summed E-state index contributed by atoms with van der Waals surface area (Å²) in [5.41, 5.74) is 2.42. The van der Waals surface area contributed by atoms with Gasteiger partial charge in [0.05, 0.1) is 30.7 Å². The Hall–Kier alpha value is -3.27. The van der Waals surface area contributed by atoms with Crippen LogP contribution in [0.1, 0.15) is 37.0 Å². The van der Waals surface area contributed by atoms with Crippen molar-refractivity contribution in [1.82, 2.24) is 10.2 Å². The van der Waals surface area contributed by atoms with E-state index in [0.29, 0.717) is 17.0 Å². The molecule has 0 aromatic heterocycles. The number of sulfonamides is 1. The summed E-state index contributed by atoms with van der Waals surface area (Å²) in [5.74, 6) is -1.00. The highest BCUT2D eigenvalue weighted by Crippen LogP contribution is 2.31. The maximum absolute atomic E-state index is 14.6. The Morgan fingerprint density at radius 1 is 0.787 bits per heavy atom. The van der Waals surface area contributed by atoms with Gasteiger partial charge in [-0.3, -0.25) is 13.9 Å². The number of benzene rings is 4. The van der Waals surface area contributed by atoms with Gasteiger partial charge in [0.25, 0.3) is 10.0 Å². The van der Waals surface area contributed by atoms with Crippen LogP contribution in [0.15, 0.2) is 95.9 Å². The predicted octanol–water partition coefficient (Wildman–Crippen LogP) is 8.36. The summed E-state index contributed by atoms with van der Waals surface area (Å²) in [6.07, 6.45) is 0.845. The van der Waals surface area contributed by atoms with E-state index in [0.717, 1.165) is 15.4 Å². The van der Waals surface area contributed by atoms with Gasteiger partial charge in [-0.15, -0.1) is 0 Å². The fourth-order valence-corrected chi connectivity index (χ4v) is 6.86. The highest BCUT2D eigenvalue weighted by molar-refractivity contribution is 7.92. The topological polar surface area (TPSA) is 86.8 Å². The lowest BCUT2D eigenvalue weighted by molar-refractivity contribution is -0.140. The van der Waals surface area contributed by atoms with Crippen LogP contribution in [0.4, 0.5) is 5.69 Å². The molecule has 0 aliphatic heterocycles. The maximum Gasteiger partial charge on any atom is 0.264 e. The Morgan fingerprint density at radius 3 is 2.00 bits per heavy atom. The molecule has 2 atom stereocenters. The smallest absolute Gasteiger partial charge is 0.264 e. The molecule has 0 unspecified atom stereocenters. The van der Waals surface area contributed by atoms with Gasteiger partial charge in [0.2, 0.25) is 11.8 Å². The van der Waals surface area contributed by atoms with Crippen LogP contribution in [0.2, 0.25) is 20.1 Å². The van der Waals surface area contributed by atoms with Gasteiger partial charge in [-0.2, -0.15) is 0 Å². The van der Waals surface area contributed by atoms with Crippen LogP contribution in [0.3, 0.4) is 0 Å². The van der Waals surface area contributed by atoms with Gasteiger partial charge >= 0.3 is 0 Å². The first kappa shape index (κ1) is 36.6. The Bertz CT molecular complexity index is 1820. The number of amides is 2. The summed E-state index contributed by atoms with van der Waals surface area (Å²) in [6.45, 7) is 4.97. The minimum atomic E-state index is -4.30. The number of rotatable bonds is 13. The molecule has 0 aliphatic carbocycles. The average Bonchev–Trinajstić information content (AvgIpc) is 3.05. The monoisotopic (exact) mass is 733 g/mol. The van der Waals surface area contributed by atoms with Gasteiger partial charge in [-0.1, -0.05) is 107 Å². The first-order valence-electron chi connectivity index (χ1n) is 14.9. The molecule has 7 nitrogen and oxygen atoms in total. The average molecular weight is 736 g/mol. The number of anilines is 1. The van der Waals surface area contributed by atoms with Crippen molar-refractivity contribution in [2.24, 2.45) is 0 Å². The van der Waals surface area contributed by atoms with Crippen LogP contribution in [-0.4, -0.2) is 43.8 Å². The molecule has 12 heteroatoms. The van der Waals surface area contributed by atoms with E-state index in [1.165, 1.54) is 35.2 Å². The predicted molar refractivity (Wildman–Crippen MR) is 191 cm³/mol. The zero-order valence-electron chi connectivity index (χ0n) is 26.1. The lowest BCUT2D eigenvalue weighted by Crippen LogP contribution is -2.54. The van der Waals surface area contributed by atoms with Crippen LogP contribution < -0.4 is 9.62 Å². The molecule has 47 heavy (non-hydrogen) atoms. The summed E-state index contributed by atoms with van der Waals surface area (Å²) in [6, 6.07) is 23.7. The lowest BCUT2D eigenvalue weighted by Gasteiger charge is -2.34. The zero-order valence-corrected chi connectivity index (χ0v) is 29.9. The van der Waals surface area contributed by atoms with E-state index >= 15 is 0 Å². The van der Waals surface area contributed by atoms with Gasteiger partial charge in [-0.05, 0) is 73.9 Å². The molecule has 0 saturated carbocycles. The maximum atomic E-state index is 14.6. The van der Waals surface area contributed by atoms with Crippen LogP contribution >= 0.6 is 46.4 Å². The molecule has 0 fully saturated rings. The SMILES string of the molecule is CC[C@@H](C)NC(=O)[C@H](Cc1ccccc1)N(Cc1ccc(Cl)c(Cl)c1)C(=O)CN(c1ccc(Cl)c(Cl)c1)S(=O)(=O)c1ccc(C)cc1. The number of carbonyl (C=O) groups is 2. The molecule has 4 rings (SSSR count). The molecular weight excluding hydrogens is 700 g/mol. The second-order valence-electron chi connectivity index (χ2n) is 11.2. The first-order chi connectivity index (χ1) is 22.3. The summed E-state index contributed by atoms with van der Waals surface area (Å²) < 4.78 is 29.4. The molecule has 0 radical (unpaired) electrons. The van der Waals surface area contributed by atoms with Gasteiger partial charge in [0.15, 0.2) is 0 Å². The molecule has 0 bridgehead atoms. The Labute approximate surface area is 296 Å². The molecule has 0 heterocycles. The van der Waals surface area contributed by atoms with Crippen molar-refractivity contribution < 1.29 is 18.0 Å². The van der Waals surface area contributed by atoms with Gasteiger partial charge < -0.3 is 10.2 Å². The summed E-state index contributed by atoms with van der Waals surface area (Å²) in [4.78, 5) is 29.9. The third kappa shape index (κ3) is 9.42. The van der Waals surface area contributed by atoms with E-state index < -0.39 is 28.5 Å². The van der Waals surface area contributed by atoms with Gasteiger partial charge in [0, 0.05) is 19.0 Å². The van der Waals surface area contributed by atoms with Crippen LogP contribution in [0.5, 0.6) is 0 Å². The highest BCUT2D eigenvalue weighted by Gasteiger charge is 2.35. The molecule has 1 N–H and O–H groups in total. The fourth-order valence-electron chi connectivity index (χ4n) is 4.84. The number of hydrogen-bond donors (Lipinski definition) is 1. The quantitative estimate of drug-likeness (QED) is 0.150. The zero-order chi connectivity index (χ0) is 34.3. The minimum Gasteiger partial charge on any atom is -0.352 e. The van der Waals surface area contributed by atoms with Crippen molar-refractivity contribution in [3.63, 3.8) is 0 Å². The van der Waals surface area contributed by atoms with Crippen LogP contribution in [0.25, 0.3) is 0 Å². The van der Waals surface area contributed by atoms with E-state index in [2.05, 4.69) is 5.32 Å². The highest BCUT2D eigenvalue weighted by atomic mass is 35.5. The van der Waals surface area contributed by atoms with Crippen molar-refractivity contribution in [2.75, 3.05) is 10.8 Å². The first-order valence-corrected chi connectivity index (χ1v) is 17.9. The number of carbonyl (C=O) groups excluding carboxylic acids is 2. The van der Waals surface area contributed by atoms with Crippen LogP contribution in [0, 0.1) is 6.92 Å². The van der Waals surface area contributed by atoms with E-state index in [-0.39, 0.29) is 50.6 Å². The Balaban J connectivity index is 1.84. The molecule has 4 aromatic rings. The number of nitrogens with one attached hydrogen (secondary N) is 1. The molecule has 2 amide bonds. The van der Waals surface area contributed by atoms with Gasteiger partial charge in [0.1, 0.15) is 12.6 Å². The fraction of sp³-hybridized carbons (Fsp3) is 0.257. The number of hydrogen-bond acceptors (Lipinski definition) is 4. The van der Waals surface area contributed by atoms with Crippen molar-refractivity contribution in [2.45, 2.75) is 57.1 Å². The molecule has 0 aliphatic rings. The second kappa shape index (κ2) is 16.2. The minimum absolute atomic E-state index is 0.0200. The largest absolute Gasteiger partial charge is 0.352 e. The number of aryl methyl sites for hydroxylation is 1. The number of halogens is 4. The summed E-state index contributed by atoms with van der Waals surface area (Å²) in [7, 11) is -4.30. The Kier molecular flexibility index (Phi) is 12.6. The Morgan fingerprint density at radius 2 is 1.40 bits per heavy atom. The van der Waals surface area contributed by atoms with Crippen molar-refractivity contribution in [3.8, 4) is 0 Å². The van der Waals surface area contributed by atoms with Crippen molar-refractivity contribution in [1.29, 1.82) is 0 Å². The van der Waals surface area contributed by atoms with E-state index in [1.54, 1.807) is 30.3 Å². The molecule has 0 saturated heterocycles. The van der Waals surface area contributed by atoms with E-state index in [1.807, 2.05) is 51.1 Å². The number of nitrogens with zero attached hydrogens (tertiary/aromatic N) is 2. The summed E-state index contributed by atoms with van der Waals surface area (Å²) in [5, 5.41) is 3.95. The molecule has 4 aromatic carbocycles. The van der Waals surface area contributed by atoms with E-state index in [4.69, 9.17) is 46.4 Å². The van der Waals surface area contributed by atoms with Crippen molar-refractivity contribution >= 4 is 73.9 Å². The van der Waals surface area contributed by atoms with Gasteiger partial charge in [-0.25, -0.2) is 8.42 Å². The molecule has 0 spiro atoms. The normalized spacial score (nSPS) is 12.7. The summed E-state index contributed by atoms with van der Waals surface area (Å²) >= 11 is 25.0. The molecular formula is C35H35Cl4N3O4S. The standard InChI is InChI=1S/C35H35Cl4N3O4S/c1-4-24(3)40-35(44)33(19-25-8-6-5-7-9-25)41(21-26-12-16-29(36)31(38)18-26)34(43)22-42(27-13-17-30(37)32(39)20-27)47(45,46)28-14-10-23(2)11-15-28/h5-18,20,24,33H,4,19,21-22H2,1-3H3,(H,40,44)/t24-,33+/m1/s1. The second-order valence-corrected chi connectivity index (χ2v) is 14.7. The molecule has 248 valence electrons. The third-order valence-electron chi connectivity index (χ3n) is 7.69. The van der Waals surface area contributed by atoms with Crippen molar-refractivity contribution in [3.05, 3.63) is 128 Å². The third-order valence-corrected chi connectivity index (χ3v) is 11.0. The lowest BCUT2D eigenvalue weighted by atomic mass is 10.0. The van der Waals surface area contributed by atoms with Crippen LogP contribution in [-0.2, 0) is 32.6 Å².